The highest BCUT2D eigenvalue weighted by molar-refractivity contribution is 6.33. The number of benzene rings is 2. The number of hydrogen-bond donors (Lipinski definition) is 1. The minimum absolute atomic E-state index is 0.141. The first-order valence-corrected chi connectivity index (χ1v) is 5.07. The monoisotopic (exact) mass is 229 g/mol. The summed E-state index contributed by atoms with van der Waals surface area (Å²) in [5.74, 6) is 0.141. The second kappa shape index (κ2) is 4.26. The summed E-state index contributed by atoms with van der Waals surface area (Å²) >= 11 is 6.01. The van der Waals surface area contributed by atoms with E-state index in [2.05, 4.69) is 6.07 Å². The van der Waals surface area contributed by atoms with Crippen LogP contribution >= 0.6 is 11.6 Å². The topological polar surface area (TPSA) is 44.0 Å². The van der Waals surface area contributed by atoms with Gasteiger partial charge in [0.1, 0.15) is 5.75 Å². The molecule has 0 bridgehead atoms. The van der Waals surface area contributed by atoms with Gasteiger partial charge >= 0.3 is 0 Å². The van der Waals surface area contributed by atoms with Gasteiger partial charge in [-0.15, -0.1) is 0 Å². The Balaban J connectivity index is 2.47. The molecular weight excluding hydrogens is 222 g/mol. The van der Waals surface area contributed by atoms with Gasteiger partial charge in [0.25, 0.3) is 0 Å². The summed E-state index contributed by atoms with van der Waals surface area (Å²) in [7, 11) is 0. The normalized spacial score (nSPS) is 9.75. The van der Waals surface area contributed by atoms with E-state index in [1.165, 1.54) is 6.07 Å². The third-order valence-corrected chi connectivity index (χ3v) is 2.59. The lowest BCUT2D eigenvalue weighted by Crippen LogP contribution is -1.80. The average molecular weight is 230 g/mol. The van der Waals surface area contributed by atoms with E-state index in [1.54, 1.807) is 24.3 Å². The van der Waals surface area contributed by atoms with E-state index in [4.69, 9.17) is 16.9 Å². The van der Waals surface area contributed by atoms with Gasteiger partial charge in [-0.25, -0.2) is 0 Å². The number of nitriles is 1. The van der Waals surface area contributed by atoms with Crippen LogP contribution in [0.4, 0.5) is 0 Å². The lowest BCUT2D eigenvalue weighted by Gasteiger charge is -2.04. The van der Waals surface area contributed by atoms with Gasteiger partial charge in [-0.2, -0.15) is 5.26 Å². The summed E-state index contributed by atoms with van der Waals surface area (Å²) in [6.45, 7) is 0. The van der Waals surface area contributed by atoms with Crippen molar-refractivity contribution < 1.29 is 5.11 Å². The molecule has 0 atom stereocenters. The Bertz CT molecular complexity index is 555. The number of phenolic OH excluding ortho intramolecular Hbond substituents is 1. The number of phenols is 1. The van der Waals surface area contributed by atoms with E-state index in [0.29, 0.717) is 10.6 Å². The number of nitrogens with zero attached hydrogens (tertiary/aromatic N) is 1. The zero-order chi connectivity index (χ0) is 11.5. The van der Waals surface area contributed by atoms with Crippen LogP contribution in [0.1, 0.15) is 5.56 Å². The molecule has 16 heavy (non-hydrogen) atoms. The van der Waals surface area contributed by atoms with Crippen LogP contribution in [0, 0.1) is 11.3 Å². The number of halogens is 1. The molecular formula is C13H8ClNO. The Labute approximate surface area is 98.3 Å². The average Bonchev–Trinajstić information content (AvgIpc) is 2.29. The zero-order valence-corrected chi connectivity index (χ0v) is 9.07. The van der Waals surface area contributed by atoms with E-state index >= 15 is 0 Å². The summed E-state index contributed by atoms with van der Waals surface area (Å²) in [6, 6.07) is 14.0. The highest BCUT2D eigenvalue weighted by atomic mass is 35.5. The SMILES string of the molecule is N#Cc1ccc(-c2ccc(O)cc2Cl)cc1. The molecule has 0 heterocycles. The highest BCUT2D eigenvalue weighted by Crippen LogP contribution is 2.30. The lowest BCUT2D eigenvalue weighted by molar-refractivity contribution is 0.475. The maximum absolute atomic E-state index is 9.24. The van der Waals surface area contributed by atoms with Crippen LogP contribution in [0.2, 0.25) is 5.02 Å². The van der Waals surface area contributed by atoms with Crippen LogP contribution in [-0.4, -0.2) is 5.11 Å². The van der Waals surface area contributed by atoms with Crippen LogP contribution in [0.15, 0.2) is 42.5 Å². The predicted molar refractivity (Wildman–Crippen MR) is 63.3 cm³/mol. The quantitative estimate of drug-likeness (QED) is 0.812. The second-order valence-corrected chi connectivity index (χ2v) is 3.76. The molecule has 2 nitrogen and oxygen atoms in total. The lowest BCUT2D eigenvalue weighted by atomic mass is 10.0. The Kier molecular flexibility index (Phi) is 2.80. The maximum Gasteiger partial charge on any atom is 0.117 e. The van der Waals surface area contributed by atoms with Crippen molar-refractivity contribution in [1.82, 2.24) is 0 Å². The van der Waals surface area contributed by atoms with E-state index in [1.807, 2.05) is 12.1 Å². The van der Waals surface area contributed by atoms with Gasteiger partial charge < -0.3 is 5.11 Å². The summed E-state index contributed by atoms with van der Waals surface area (Å²) in [5, 5.41) is 18.4. The first-order valence-electron chi connectivity index (χ1n) is 4.70. The maximum atomic E-state index is 9.24. The number of aromatic hydroxyl groups is 1. The number of hydrogen-bond acceptors (Lipinski definition) is 2. The smallest absolute Gasteiger partial charge is 0.117 e. The van der Waals surface area contributed by atoms with E-state index in [-0.39, 0.29) is 5.75 Å². The van der Waals surface area contributed by atoms with Crippen LogP contribution in [0.5, 0.6) is 5.75 Å². The van der Waals surface area contributed by atoms with Gasteiger partial charge in [0.05, 0.1) is 16.7 Å². The molecule has 0 unspecified atom stereocenters. The van der Waals surface area contributed by atoms with Crippen molar-refractivity contribution in [2.45, 2.75) is 0 Å². The molecule has 0 aliphatic heterocycles. The minimum Gasteiger partial charge on any atom is -0.508 e. The van der Waals surface area contributed by atoms with Crippen molar-refractivity contribution in [2.75, 3.05) is 0 Å². The van der Waals surface area contributed by atoms with Gasteiger partial charge in [0, 0.05) is 5.56 Å². The second-order valence-electron chi connectivity index (χ2n) is 3.35. The van der Waals surface area contributed by atoms with E-state index in [0.717, 1.165) is 11.1 Å². The Morgan fingerprint density at radius 1 is 1.06 bits per heavy atom. The van der Waals surface area contributed by atoms with Gasteiger partial charge in [-0.05, 0) is 35.9 Å². The standard InChI is InChI=1S/C13H8ClNO/c14-13-7-11(16)5-6-12(13)10-3-1-9(8-15)2-4-10/h1-7,16H. The molecule has 0 aliphatic carbocycles. The zero-order valence-electron chi connectivity index (χ0n) is 8.31. The molecule has 3 heteroatoms. The molecule has 0 aromatic heterocycles. The Morgan fingerprint density at radius 2 is 1.75 bits per heavy atom. The molecule has 2 aromatic carbocycles. The molecule has 0 saturated carbocycles. The first kappa shape index (κ1) is 10.5. The molecule has 2 rings (SSSR count). The van der Waals surface area contributed by atoms with Crippen molar-refractivity contribution in [2.24, 2.45) is 0 Å². The molecule has 0 aliphatic rings. The molecule has 0 amide bonds. The van der Waals surface area contributed by atoms with Crippen LogP contribution < -0.4 is 0 Å². The van der Waals surface area contributed by atoms with Crippen molar-refractivity contribution in [3.05, 3.63) is 53.1 Å². The fourth-order valence-electron chi connectivity index (χ4n) is 1.46. The largest absolute Gasteiger partial charge is 0.508 e. The third-order valence-electron chi connectivity index (χ3n) is 2.28. The summed E-state index contributed by atoms with van der Waals surface area (Å²) in [5.41, 5.74) is 2.37. The van der Waals surface area contributed by atoms with E-state index in [9.17, 15) is 5.11 Å². The van der Waals surface area contributed by atoms with Crippen molar-refractivity contribution in [3.8, 4) is 22.9 Å². The van der Waals surface area contributed by atoms with Crippen LogP contribution in [-0.2, 0) is 0 Å². The van der Waals surface area contributed by atoms with E-state index < -0.39 is 0 Å². The fraction of sp³-hybridized carbons (Fsp3) is 0. The molecule has 2 aromatic rings. The summed E-state index contributed by atoms with van der Waals surface area (Å²) in [4.78, 5) is 0. The van der Waals surface area contributed by atoms with Crippen molar-refractivity contribution in [1.29, 1.82) is 5.26 Å². The minimum atomic E-state index is 0.141. The summed E-state index contributed by atoms with van der Waals surface area (Å²) in [6.07, 6.45) is 0. The predicted octanol–water partition coefficient (Wildman–Crippen LogP) is 3.58. The Morgan fingerprint density at radius 3 is 2.31 bits per heavy atom. The van der Waals surface area contributed by atoms with Crippen LogP contribution in [0.3, 0.4) is 0 Å². The molecule has 0 spiro atoms. The highest BCUT2D eigenvalue weighted by Gasteiger charge is 2.04. The first-order chi connectivity index (χ1) is 7.70. The van der Waals surface area contributed by atoms with Crippen molar-refractivity contribution in [3.63, 3.8) is 0 Å². The third kappa shape index (κ3) is 2.00. The fourth-order valence-corrected chi connectivity index (χ4v) is 1.75. The van der Waals surface area contributed by atoms with Gasteiger partial charge in [0.2, 0.25) is 0 Å². The van der Waals surface area contributed by atoms with Gasteiger partial charge in [0.15, 0.2) is 0 Å². The molecule has 0 saturated heterocycles. The molecule has 0 fully saturated rings. The van der Waals surface area contributed by atoms with Gasteiger partial charge in [-0.3, -0.25) is 0 Å². The summed E-state index contributed by atoms with van der Waals surface area (Å²) < 4.78 is 0. The molecule has 0 radical (unpaired) electrons. The Hall–Kier alpha value is -1.98. The van der Waals surface area contributed by atoms with Crippen LogP contribution in [0.25, 0.3) is 11.1 Å². The molecule has 78 valence electrons. The van der Waals surface area contributed by atoms with Crippen molar-refractivity contribution >= 4 is 11.6 Å². The number of rotatable bonds is 1. The van der Waals surface area contributed by atoms with Gasteiger partial charge in [-0.1, -0.05) is 23.7 Å². The molecule has 1 N–H and O–H groups in total.